The van der Waals surface area contributed by atoms with E-state index in [4.69, 9.17) is 4.52 Å². The molecular formula is C19H22N4O4S. The van der Waals surface area contributed by atoms with Crippen molar-refractivity contribution in [2.24, 2.45) is 0 Å². The minimum Gasteiger partial charge on any atom is -0.360 e. The number of nitrogens with one attached hydrogen (secondary N) is 2. The number of aromatic nitrogens is 1. The lowest BCUT2D eigenvalue weighted by atomic mass is 10.2. The lowest BCUT2D eigenvalue weighted by Gasteiger charge is -2.23. The maximum atomic E-state index is 12.5. The van der Waals surface area contributed by atoms with Gasteiger partial charge in [0, 0.05) is 18.3 Å². The van der Waals surface area contributed by atoms with Gasteiger partial charge in [0.2, 0.25) is 17.7 Å². The van der Waals surface area contributed by atoms with Gasteiger partial charge in [0.25, 0.3) is 0 Å². The Morgan fingerprint density at radius 2 is 2.00 bits per heavy atom. The molecule has 0 radical (unpaired) electrons. The molecule has 3 rings (SSSR count). The molecule has 1 unspecified atom stereocenters. The van der Waals surface area contributed by atoms with Crippen LogP contribution in [-0.4, -0.2) is 51.9 Å². The van der Waals surface area contributed by atoms with E-state index in [0.717, 1.165) is 6.42 Å². The quantitative estimate of drug-likeness (QED) is 0.736. The van der Waals surface area contributed by atoms with E-state index >= 15 is 0 Å². The van der Waals surface area contributed by atoms with Crippen LogP contribution in [0.15, 0.2) is 40.9 Å². The summed E-state index contributed by atoms with van der Waals surface area (Å²) >= 11 is 1.21. The number of aryl methyl sites for hydroxylation is 1. The first-order valence-electron chi connectivity index (χ1n) is 8.99. The Morgan fingerprint density at radius 3 is 2.71 bits per heavy atom. The fourth-order valence-electron chi connectivity index (χ4n) is 3.00. The molecule has 1 aromatic carbocycles. The minimum absolute atomic E-state index is 0.117. The number of para-hydroxylation sites is 1. The van der Waals surface area contributed by atoms with Crippen molar-refractivity contribution in [3.63, 3.8) is 0 Å². The highest BCUT2D eigenvalue weighted by atomic mass is 32.2. The zero-order valence-electron chi connectivity index (χ0n) is 15.5. The van der Waals surface area contributed by atoms with Gasteiger partial charge in [-0.2, -0.15) is 0 Å². The molecule has 1 aromatic heterocycles. The van der Waals surface area contributed by atoms with Crippen molar-refractivity contribution < 1.29 is 18.9 Å². The third-order valence-corrected chi connectivity index (χ3v) is 5.19. The van der Waals surface area contributed by atoms with Gasteiger partial charge in [0.15, 0.2) is 5.82 Å². The number of amides is 3. The fraction of sp³-hybridized carbons (Fsp3) is 0.368. The average Bonchev–Trinajstić information content (AvgIpc) is 3.31. The molecule has 2 heterocycles. The Kier molecular flexibility index (Phi) is 6.70. The zero-order chi connectivity index (χ0) is 19.9. The second kappa shape index (κ2) is 9.41. The third kappa shape index (κ3) is 5.35. The number of hydrogen-bond donors (Lipinski definition) is 2. The highest BCUT2D eigenvalue weighted by Crippen LogP contribution is 2.21. The summed E-state index contributed by atoms with van der Waals surface area (Å²) in [5.41, 5.74) is 0.709. The standard InChI is InChI=1S/C19H22N4O4S/c1-13-10-16(22-27-13)21-17(24)11-28-12-18(25)23-9-5-8-15(23)19(26)20-14-6-3-2-4-7-14/h2-4,6-7,10,15H,5,8-9,11-12H2,1H3,(H,20,26)(H,21,22,24). The molecule has 0 spiro atoms. The number of benzene rings is 1. The third-order valence-electron chi connectivity index (χ3n) is 4.27. The molecule has 1 atom stereocenters. The van der Waals surface area contributed by atoms with Crippen molar-refractivity contribution in [1.82, 2.24) is 10.1 Å². The molecule has 148 valence electrons. The van der Waals surface area contributed by atoms with E-state index < -0.39 is 6.04 Å². The van der Waals surface area contributed by atoms with Crippen molar-refractivity contribution in [1.29, 1.82) is 0 Å². The molecule has 8 nitrogen and oxygen atoms in total. The Balaban J connectivity index is 1.45. The Bertz CT molecular complexity index is 839. The van der Waals surface area contributed by atoms with E-state index in [-0.39, 0.29) is 29.2 Å². The summed E-state index contributed by atoms with van der Waals surface area (Å²) in [6.07, 6.45) is 1.43. The predicted molar refractivity (Wildman–Crippen MR) is 107 cm³/mol. The summed E-state index contributed by atoms with van der Waals surface area (Å²) in [5.74, 6) is 0.638. The normalized spacial score (nSPS) is 16.0. The first-order chi connectivity index (χ1) is 13.5. The van der Waals surface area contributed by atoms with Crippen LogP contribution in [0.25, 0.3) is 0 Å². The smallest absolute Gasteiger partial charge is 0.247 e. The molecule has 28 heavy (non-hydrogen) atoms. The highest BCUT2D eigenvalue weighted by Gasteiger charge is 2.33. The van der Waals surface area contributed by atoms with E-state index in [1.165, 1.54) is 11.8 Å². The lowest BCUT2D eigenvalue weighted by molar-refractivity contribution is -0.134. The number of nitrogens with zero attached hydrogens (tertiary/aromatic N) is 2. The predicted octanol–water partition coefficient (Wildman–Crippen LogP) is 2.28. The molecule has 1 aliphatic rings. The van der Waals surface area contributed by atoms with Gasteiger partial charge in [-0.05, 0) is 31.9 Å². The number of rotatable bonds is 7. The largest absolute Gasteiger partial charge is 0.360 e. The van der Waals surface area contributed by atoms with Gasteiger partial charge in [-0.1, -0.05) is 23.4 Å². The molecular weight excluding hydrogens is 380 g/mol. The molecule has 2 aromatic rings. The summed E-state index contributed by atoms with van der Waals surface area (Å²) in [5, 5.41) is 9.15. The van der Waals surface area contributed by atoms with Crippen LogP contribution in [-0.2, 0) is 14.4 Å². The van der Waals surface area contributed by atoms with Crippen molar-refractivity contribution in [3.8, 4) is 0 Å². The second-order valence-corrected chi connectivity index (χ2v) is 7.45. The Morgan fingerprint density at radius 1 is 1.21 bits per heavy atom. The van der Waals surface area contributed by atoms with E-state index in [9.17, 15) is 14.4 Å². The number of thioether (sulfide) groups is 1. The first kappa shape index (κ1) is 19.9. The zero-order valence-corrected chi connectivity index (χ0v) is 16.3. The van der Waals surface area contributed by atoms with Gasteiger partial charge in [-0.25, -0.2) is 0 Å². The van der Waals surface area contributed by atoms with Crippen LogP contribution in [0.3, 0.4) is 0 Å². The summed E-state index contributed by atoms with van der Waals surface area (Å²) < 4.78 is 4.88. The van der Waals surface area contributed by atoms with E-state index in [1.54, 1.807) is 17.9 Å². The molecule has 0 aliphatic carbocycles. The second-order valence-electron chi connectivity index (χ2n) is 6.46. The molecule has 0 bridgehead atoms. The summed E-state index contributed by atoms with van der Waals surface area (Å²) in [4.78, 5) is 38.5. The van der Waals surface area contributed by atoms with Gasteiger partial charge in [-0.15, -0.1) is 11.8 Å². The number of hydrogen-bond acceptors (Lipinski definition) is 6. The number of anilines is 2. The summed E-state index contributed by atoms with van der Waals surface area (Å²) in [7, 11) is 0. The van der Waals surface area contributed by atoms with Crippen LogP contribution in [0.4, 0.5) is 11.5 Å². The molecule has 2 N–H and O–H groups in total. The molecule has 3 amide bonds. The first-order valence-corrected chi connectivity index (χ1v) is 10.1. The van der Waals surface area contributed by atoms with Crippen molar-refractivity contribution in [2.45, 2.75) is 25.8 Å². The van der Waals surface area contributed by atoms with Crippen LogP contribution >= 0.6 is 11.8 Å². The molecule has 1 saturated heterocycles. The van der Waals surface area contributed by atoms with Gasteiger partial charge < -0.3 is 20.1 Å². The van der Waals surface area contributed by atoms with E-state index in [0.29, 0.717) is 30.2 Å². The monoisotopic (exact) mass is 402 g/mol. The summed E-state index contributed by atoms with van der Waals surface area (Å²) in [6.45, 7) is 2.28. The van der Waals surface area contributed by atoms with Gasteiger partial charge in [0.1, 0.15) is 11.8 Å². The number of carbonyl (C=O) groups is 3. The van der Waals surface area contributed by atoms with Crippen LogP contribution in [0, 0.1) is 6.92 Å². The van der Waals surface area contributed by atoms with Crippen LogP contribution in [0.1, 0.15) is 18.6 Å². The van der Waals surface area contributed by atoms with Crippen molar-refractivity contribution >= 4 is 41.0 Å². The topological polar surface area (TPSA) is 105 Å². The van der Waals surface area contributed by atoms with E-state index in [2.05, 4.69) is 15.8 Å². The Labute approximate surface area is 167 Å². The summed E-state index contributed by atoms with van der Waals surface area (Å²) in [6, 6.07) is 10.3. The minimum atomic E-state index is -0.472. The average molecular weight is 402 g/mol. The van der Waals surface area contributed by atoms with Gasteiger partial charge >= 0.3 is 0 Å². The maximum Gasteiger partial charge on any atom is 0.247 e. The SMILES string of the molecule is Cc1cc(NC(=O)CSCC(=O)N2CCCC2C(=O)Nc2ccccc2)no1. The van der Waals surface area contributed by atoms with Crippen molar-refractivity contribution in [2.75, 3.05) is 28.7 Å². The van der Waals surface area contributed by atoms with Crippen molar-refractivity contribution in [3.05, 3.63) is 42.2 Å². The lowest BCUT2D eigenvalue weighted by Crippen LogP contribution is -2.44. The van der Waals surface area contributed by atoms with Gasteiger partial charge in [-0.3, -0.25) is 14.4 Å². The van der Waals surface area contributed by atoms with Crippen LogP contribution < -0.4 is 10.6 Å². The number of likely N-dealkylation sites (tertiary alicyclic amines) is 1. The van der Waals surface area contributed by atoms with Crippen LogP contribution in [0.2, 0.25) is 0 Å². The maximum absolute atomic E-state index is 12.5. The van der Waals surface area contributed by atoms with E-state index in [1.807, 2.05) is 30.3 Å². The molecule has 1 fully saturated rings. The van der Waals surface area contributed by atoms with Gasteiger partial charge in [0.05, 0.1) is 11.5 Å². The molecule has 9 heteroatoms. The Hall–Kier alpha value is -2.81. The highest BCUT2D eigenvalue weighted by molar-refractivity contribution is 8.00. The molecule has 1 aliphatic heterocycles. The molecule has 0 saturated carbocycles. The number of carbonyl (C=O) groups excluding carboxylic acids is 3. The van der Waals surface area contributed by atoms with Crippen LogP contribution in [0.5, 0.6) is 0 Å². The fourth-order valence-corrected chi connectivity index (χ4v) is 3.70.